The first-order chi connectivity index (χ1) is 19.6. The fourth-order valence-corrected chi connectivity index (χ4v) is 4.94. The van der Waals surface area contributed by atoms with Crippen LogP contribution < -0.4 is 15.2 Å². The van der Waals surface area contributed by atoms with Gasteiger partial charge in [0.05, 0.1) is 16.7 Å². The van der Waals surface area contributed by atoms with E-state index in [1.165, 1.54) is 24.3 Å². The number of carbonyl (C=O) groups is 1. The number of alkyl halides is 3. The van der Waals surface area contributed by atoms with Crippen LogP contribution in [0.5, 0.6) is 11.5 Å². The number of rotatable bonds is 10. The Kier molecular flexibility index (Phi) is 8.46. The largest absolute Gasteiger partial charge is 0.573 e. The van der Waals surface area contributed by atoms with Crippen LogP contribution in [-0.4, -0.2) is 71.4 Å². The lowest BCUT2D eigenvalue weighted by molar-refractivity contribution is -0.274. The second-order valence-electron chi connectivity index (χ2n) is 10.2. The first-order valence-corrected chi connectivity index (χ1v) is 13.4. The number of piperazine rings is 1. The maximum Gasteiger partial charge on any atom is 0.573 e. The molecule has 1 aromatic heterocycles. The van der Waals surface area contributed by atoms with Gasteiger partial charge in [0, 0.05) is 44.2 Å². The summed E-state index contributed by atoms with van der Waals surface area (Å²) in [7, 11) is 2.14. The van der Waals surface area contributed by atoms with Crippen LogP contribution in [0.4, 0.5) is 13.2 Å². The van der Waals surface area contributed by atoms with Gasteiger partial charge in [-0.2, -0.15) is 0 Å². The number of fused-ring (bicyclic) bond motifs is 1. The first kappa shape index (κ1) is 28.4. The molecule has 0 saturated carbocycles. The van der Waals surface area contributed by atoms with E-state index in [-0.39, 0.29) is 12.4 Å². The van der Waals surface area contributed by atoms with E-state index < -0.39 is 12.3 Å². The van der Waals surface area contributed by atoms with Gasteiger partial charge >= 0.3 is 6.36 Å². The molecule has 1 amide bonds. The van der Waals surface area contributed by atoms with Crippen molar-refractivity contribution in [3.63, 3.8) is 0 Å². The highest BCUT2D eigenvalue weighted by molar-refractivity contribution is 5.96. The van der Waals surface area contributed by atoms with Gasteiger partial charge in [-0.15, -0.1) is 13.2 Å². The minimum absolute atomic E-state index is 0.167. The predicted octanol–water partition coefficient (Wildman–Crippen LogP) is 4.78. The van der Waals surface area contributed by atoms with E-state index in [0.717, 1.165) is 62.6 Å². The van der Waals surface area contributed by atoms with Crippen molar-refractivity contribution in [2.45, 2.75) is 25.8 Å². The number of likely N-dealkylation sites (N-methyl/N-ethyl adjacent to an activating group) is 1. The summed E-state index contributed by atoms with van der Waals surface area (Å²) in [6, 6.07) is 18.4. The Morgan fingerprint density at radius 3 is 2.44 bits per heavy atom. The van der Waals surface area contributed by atoms with Crippen LogP contribution in [0, 0.1) is 0 Å². The van der Waals surface area contributed by atoms with Gasteiger partial charge in [0.2, 0.25) is 5.91 Å². The highest BCUT2D eigenvalue weighted by atomic mass is 19.4. The number of nitrogens with two attached hydrogens (primary N) is 1. The van der Waals surface area contributed by atoms with Crippen LogP contribution in [0.15, 0.2) is 66.7 Å². The molecule has 41 heavy (non-hydrogen) atoms. The van der Waals surface area contributed by atoms with E-state index in [2.05, 4.69) is 26.2 Å². The molecule has 216 valence electrons. The van der Waals surface area contributed by atoms with Crippen LogP contribution in [0.25, 0.3) is 16.7 Å². The van der Waals surface area contributed by atoms with Crippen LogP contribution in [0.3, 0.4) is 0 Å². The van der Waals surface area contributed by atoms with Crippen molar-refractivity contribution in [1.29, 1.82) is 0 Å². The first-order valence-electron chi connectivity index (χ1n) is 13.4. The maximum absolute atomic E-state index is 12.4. The molecule has 0 unspecified atom stereocenters. The second-order valence-corrected chi connectivity index (χ2v) is 10.2. The zero-order valence-electron chi connectivity index (χ0n) is 22.7. The molecule has 0 spiro atoms. The summed E-state index contributed by atoms with van der Waals surface area (Å²) >= 11 is 0. The molecular weight excluding hydrogens is 535 g/mol. The Balaban J connectivity index is 1.34. The number of benzene rings is 3. The SMILES string of the molecule is CN1CCN(CCCc2nc3cc(C(N)=O)ccc3n2-c2cccc(OCc3ccc(OC(F)(F)F)cc3)c2)CC1. The Morgan fingerprint density at radius 1 is 0.976 bits per heavy atom. The number of halogens is 3. The highest BCUT2D eigenvalue weighted by Crippen LogP contribution is 2.27. The summed E-state index contributed by atoms with van der Waals surface area (Å²) < 4.78 is 49.3. The van der Waals surface area contributed by atoms with Gasteiger partial charge in [-0.25, -0.2) is 4.98 Å². The lowest BCUT2D eigenvalue weighted by atomic mass is 10.2. The van der Waals surface area contributed by atoms with Crippen molar-refractivity contribution in [3.8, 4) is 17.2 Å². The molecule has 0 atom stereocenters. The molecule has 0 aliphatic carbocycles. The van der Waals surface area contributed by atoms with Crippen molar-refractivity contribution >= 4 is 16.9 Å². The minimum Gasteiger partial charge on any atom is -0.489 e. The van der Waals surface area contributed by atoms with E-state index in [0.29, 0.717) is 22.4 Å². The summed E-state index contributed by atoms with van der Waals surface area (Å²) in [6.07, 6.45) is -3.06. The smallest absolute Gasteiger partial charge is 0.489 e. The summed E-state index contributed by atoms with van der Waals surface area (Å²) in [5.74, 6) is 0.673. The van der Waals surface area contributed by atoms with Gasteiger partial charge in [-0.3, -0.25) is 9.36 Å². The quantitative estimate of drug-likeness (QED) is 0.297. The Morgan fingerprint density at radius 2 is 1.73 bits per heavy atom. The number of aryl methyl sites for hydroxylation is 1. The van der Waals surface area contributed by atoms with Gasteiger partial charge in [0.25, 0.3) is 0 Å². The summed E-state index contributed by atoms with van der Waals surface area (Å²) in [6.45, 7) is 5.36. The average molecular weight is 568 g/mol. The zero-order chi connectivity index (χ0) is 29.0. The molecule has 5 rings (SSSR count). The summed E-state index contributed by atoms with van der Waals surface area (Å²) in [4.78, 5) is 21.5. The number of nitrogens with zero attached hydrogens (tertiary/aromatic N) is 4. The number of hydrogen-bond donors (Lipinski definition) is 1. The fraction of sp³-hybridized carbons (Fsp3) is 0.333. The van der Waals surface area contributed by atoms with E-state index >= 15 is 0 Å². The standard InChI is InChI=1S/C30H32F3N5O3/c1-36-14-16-37(17-15-36)13-3-6-28-35-26-18-22(29(34)39)9-12-27(26)38(28)23-4-2-5-25(19-23)40-20-21-7-10-24(11-8-21)41-30(31,32)33/h2,4-5,7-12,18-19H,3,6,13-17,20H2,1H3,(H2,34,39). The monoisotopic (exact) mass is 567 g/mol. The number of ether oxygens (including phenoxy) is 2. The molecule has 0 radical (unpaired) electrons. The Labute approximate surface area is 236 Å². The lowest BCUT2D eigenvalue weighted by Crippen LogP contribution is -2.44. The molecule has 1 saturated heterocycles. The third kappa shape index (κ3) is 7.36. The maximum atomic E-state index is 12.4. The molecule has 11 heteroatoms. The Hall–Kier alpha value is -4.09. The number of hydrogen-bond acceptors (Lipinski definition) is 6. The number of primary amides is 1. The molecule has 1 aliphatic rings. The molecule has 2 N–H and O–H groups in total. The predicted molar refractivity (Wildman–Crippen MR) is 149 cm³/mol. The number of carbonyl (C=O) groups excluding carboxylic acids is 1. The van der Waals surface area contributed by atoms with E-state index in [4.69, 9.17) is 15.5 Å². The molecular formula is C30H32F3N5O3. The van der Waals surface area contributed by atoms with Crippen LogP contribution in [0.2, 0.25) is 0 Å². The van der Waals surface area contributed by atoms with Gasteiger partial charge in [-0.05, 0) is 68.0 Å². The number of amides is 1. The zero-order valence-corrected chi connectivity index (χ0v) is 22.7. The van der Waals surface area contributed by atoms with Gasteiger partial charge in [-0.1, -0.05) is 18.2 Å². The van der Waals surface area contributed by atoms with Gasteiger partial charge in [0.1, 0.15) is 23.9 Å². The number of aromatic nitrogens is 2. The van der Waals surface area contributed by atoms with E-state index in [9.17, 15) is 18.0 Å². The van der Waals surface area contributed by atoms with Crippen molar-refractivity contribution < 1.29 is 27.4 Å². The van der Waals surface area contributed by atoms with Crippen molar-refractivity contribution in [2.75, 3.05) is 39.8 Å². The van der Waals surface area contributed by atoms with Crippen molar-refractivity contribution in [3.05, 3.63) is 83.7 Å². The summed E-state index contributed by atoms with van der Waals surface area (Å²) in [5, 5.41) is 0. The third-order valence-corrected chi connectivity index (χ3v) is 7.12. The third-order valence-electron chi connectivity index (χ3n) is 7.12. The van der Waals surface area contributed by atoms with E-state index in [1.807, 2.05) is 30.3 Å². The van der Waals surface area contributed by atoms with Crippen LogP contribution in [-0.2, 0) is 13.0 Å². The van der Waals surface area contributed by atoms with Crippen LogP contribution in [0.1, 0.15) is 28.2 Å². The minimum atomic E-state index is -4.74. The molecule has 3 aromatic carbocycles. The van der Waals surface area contributed by atoms with Crippen molar-refractivity contribution in [1.82, 2.24) is 19.4 Å². The topological polar surface area (TPSA) is 85.9 Å². The van der Waals surface area contributed by atoms with Gasteiger partial charge < -0.3 is 25.0 Å². The lowest BCUT2D eigenvalue weighted by Gasteiger charge is -2.32. The highest BCUT2D eigenvalue weighted by Gasteiger charge is 2.31. The Bertz CT molecular complexity index is 1500. The molecule has 8 nitrogen and oxygen atoms in total. The van der Waals surface area contributed by atoms with E-state index in [1.54, 1.807) is 12.1 Å². The molecule has 1 fully saturated rings. The van der Waals surface area contributed by atoms with Crippen molar-refractivity contribution in [2.24, 2.45) is 5.73 Å². The molecule has 4 aromatic rings. The van der Waals surface area contributed by atoms with Gasteiger partial charge in [0.15, 0.2) is 0 Å². The van der Waals surface area contributed by atoms with Crippen LogP contribution >= 0.6 is 0 Å². The molecule has 1 aliphatic heterocycles. The summed E-state index contributed by atoms with van der Waals surface area (Å²) in [5.41, 5.74) is 8.99. The average Bonchev–Trinajstić information content (AvgIpc) is 3.30. The second kappa shape index (κ2) is 12.2. The normalized spacial score (nSPS) is 14.8. The fourth-order valence-electron chi connectivity index (χ4n) is 4.94. The molecule has 0 bridgehead atoms. The number of imidazole rings is 1. The molecule has 2 heterocycles.